The van der Waals surface area contributed by atoms with Crippen LogP contribution in [0.1, 0.15) is 32.3 Å². The SMILES string of the molecule is C/C=C\C(=NC)c1c[nH]c2nccc(N3CCCC3C)c12.C=C. The number of H-pyrrole nitrogens is 1. The van der Waals surface area contributed by atoms with E-state index in [0.29, 0.717) is 6.04 Å². The third-order valence-electron chi connectivity index (χ3n) is 4.26. The second kappa shape index (κ2) is 7.77. The number of anilines is 1. The van der Waals surface area contributed by atoms with Crippen molar-refractivity contribution in [1.29, 1.82) is 0 Å². The van der Waals surface area contributed by atoms with Crippen molar-refractivity contribution in [2.24, 2.45) is 4.99 Å². The van der Waals surface area contributed by atoms with Crippen LogP contribution < -0.4 is 4.90 Å². The number of pyridine rings is 1. The van der Waals surface area contributed by atoms with Crippen LogP contribution in [0.25, 0.3) is 11.0 Å². The molecule has 1 unspecified atom stereocenters. The Morgan fingerprint density at radius 3 is 2.87 bits per heavy atom. The van der Waals surface area contributed by atoms with Gasteiger partial charge in [-0.3, -0.25) is 4.99 Å². The summed E-state index contributed by atoms with van der Waals surface area (Å²) >= 11 is 0. The van der Waals surface area contributed by atoms with Crippen LogP contribution in [0.3, 0.4) is 0 Å². The third kappa shape index (κ3) is 3.21. The van der Waals surface area contributed by atoms with Gasteiger partial charge in [0.1, 0.15) is 5.65 Å². The quantitative estimate of drug-likeness (QED) is 0.676. The van der Waals surface area contributed by atoms with Gasteiger partial charge in [-0.1, -0.05) is 6.08 Å². The molecule has 3 rings (SSSR count). The lowest BCUT2D eigenvalue weighted by Gasteiger charge is -2.24. The van der Waals surface area contributed by atoms with E-state index in [-0.39, 0.29) is 0 Å². The number of fused-ring (bicyclic) bond motifs is 1. The number of rotatable bonds is 3. The molecule has 1 aliphatic heterocycles. The third-order valence-corrected chi connectivity index (χ3v) is 4.26. The molecule has 3 heterocycles. The van der Waals surface area contributed by atoms with E-state index >= 15 is 0 Å². The van der Waals surface area contributed by atoms with Crippen LogP contribution in [0.2, 0.25) is 0 Å². The van der Waals surface area contributed by atoms with Crippen LogP contribution in [-0.4, -0.2) is 35.3 Å². The average Bonchev–Trinajstić information content (AvgIpc) is 3.20. The van der Waals surface area contributed by atoms with Crippen molar-refractivity contribution in [3.8, 4) is 0 Å². The maximum atomic E-state index is 4.47. The molecule has 0 aliphatic carbocycles. The molecular weight excluding hydrogens is 284 g/mol. The highest BCUT2D eigenvalue weighted by atomic mass is 15.2. The Balaban J connectivity index is 0.000000924. The highest BCUT2D eigenvalue weighted by Gasteiger charge is 2.24. The van der Waals surface area contributed by atoms with E-state index in [2.05, 4.69) is 46.0 Å². The Morgan fingerprint density at radius 1 is 1.48 bits per heavy atom. The van der Waals surface area contributed by atoms with Crippen LogP contribution in [0, 0.1) is 0 Å². The molecule has 0 saturated carbocycles. The predicted octanol–water partition coefficient (Wildman–Crippen LogP) is 4.35. The topological polar surface area (TPSA) is 44.3 Å². The first kappa shape index (κ1) is 17.0. The summed E-state index contributed by atoms with van der Waals surface area (Å²) in [5, 5.41) is 1.19. The highest BCUT2D eigenvalue weighted by molar-refractivity contribution is 6.18. The van der Waals surface area contributed by atoms with Crippen molar-refractivity contribution >= 4 is 22.4 Å². The van der Waals surface area contributed by atoms with Crippen molar-refractivity contribution < 1.29 is 0 Å². The van der Waals surface area contributed by atoms with Crippen molar-refractivity contribution in [3.05, 3.63) is 49.3 Å². The Labute approximate surface area is 138 Å². The Hall–Kier alpha value is -2.36. The summed E-state index contributed by atoms with van der Waals surface area (Å²) in [6.45, 7) is 11.4. The molecule has 0 aromatic carbocycles. The van der Waals surface area contributed by atoms with Gasteiger partial charge >= 0.3 is 0 Å². The van der Waals surface area contributed by atoms with Gasteiger partial charge in [-0.15, -0.1) is 13.2 Å². The monoisotopic (exact) mass is 310 g/mol. The zero-order valence-electron chi connectivity index (χ0n) is 14.3. The summed E-state index contributed by atoms with van der Waals surface area (Å²) in [5.41, 5.74) is 4.33. The van der Waals surface area contributed by atoms with E-state index in [1.807, 2.05) is 38.5 Å². The number of aliphatic imine (C=N–C) groups is 1. The van der Waals surface area contributed by atoms with E-state index in [9.17, 15) is 0 Å². The Bertz CT molecular complexity index is 711. The molecule has 122 valence electrons. The molecule has 23 heavy (non-hydrogen) atoms. The lowest BCUT2D eigenvalue weighted by atomic mass is 10.1. The summed E-state index contributed by atoms with van der Waals surface area (Å²) in [6.07, 6.45) is 10.5. The molecular formula is C19H26N4. The smallest absolute Gasteiger partial charge is 0.140 e. The molecule has 2 aromatic heterocycles. The van der Waals surface area contributed by atoms with E-state index in [1.165, 1.54) is 23.9 Å². The van der Waals surface area contributed by atoms with E-state index < -0.39 is 0 Å². The fourth-order valence-corrected chi connectivity index (χ4v) is 3.21. The Kier molecular flexibility index (Phi) is 5.74. The van der Waals surface area contributed by atoms with Gasteiger partial charge in [-0.2, -0.15) is 0 Å². The number of nitrogens with one attached hydrogen (secondary N) is 1. The van der Waals surface area contributed by atoms with Crippen molar-refractivity contribution in [1.82, 2.24) is 9.97 Å². The van der Waals surface area contributed by atoms with E-state index in [4.69, 9.17) is 0 Å². The van der Waals surface area contributed by atoms with Crippen LogP contribution >= 0.6 is 0 Å². The van der Waals surface area contributed by atoms with E-state index in [0.717, 1.165) is 23.5 Å². The fraction of sp³-hybridized carbons (Fsp3) is 0.368. The maximum Gasteiger partial charge on any atom is 0.140 e. The van der Waals surface area contributed by atoms with Gasteiger partial charge in [-0.25, -0.2) is 4.98 Å². The minimum absolute atomic E-state index is 0.585. The van der Waals surface area contributed by atoms with Gasteiger partial charge < -0.3 is 9.88 Å². The van der Waals surface area contributed by atoms with Crippen LogP contribution in [-0.2, 0) is 0 Å². The van der Waals surface area contributed by atoms with Gasteiger partial charge in [0, 0.05) is 37.6 Å². The molecule has 0 spiro atoms. The standard InChI is InChI=1S/C17H22N4.C2H4/c1-4-6-14(18-3)13-11-20-17-16(13)15(8-9-19-17)21-10-5-7-12(21)2;1-2/h4,6,8-9,11-12H,5,7,10H2,1-3H3,(H,19,20);1-2H2/b6-4-,18-14?;. The number of hydrogen-bond acceptors (Lipinski definition) is 3. The average molecular weight is 310 g/mol. The lowest BCUT2D eigenvalue weighted by molar-refractivity contribution is 0.736. The molecule has 4 nitrogen and oxygen atoms in total. The lowest BCUT2D eigenvalue weighted by Crippen LogP contribution is -2.26. The number of aromatic nitrogens is 2. The minimum atomic E-state index is 0.585. The number of allylic oxidation sites excluding steroid dienone is 2. The van der Waals surface area contributed by atoms with Crippen molar-refractivity contribution in [3.63, 3.8) is 0 Å². The molecule has 1 N–H and O–H groups in total. The molecule has 1 aliphatic rings. The highest BCUT2D eigenvalue weighted by Crippen LogP contribution is 2.33. The first-order valence-corrected chi connectivity index (χ1v) is 8.08. The first-order valence-electron chi connectivity index (χ1n) is 8.08. The maximum absolute atomic E-state index is 4.47. The molecule has 1 atom stereocenters. The van der Waals surface area contributed by atoms with Gasteiger partial charge in [-0.05, 0) is 38.8 Å². The second-order valence-electron chi connectivity index (χ2n) is 5.55. The summed E-state index contributed by atoms with van der Waals surface area (Å²) in [4.78, 5) is 14.7. The predicted molar refractivity (Wildman–Crippen MR) is 101 cm³/mol. The first-order chi connectivity index (χ1) is 11.3. The number of aromatic amines is 1. The summed E-state index contributed by atoms with van der Waals surface area (Å²) < 4.78 is 0. The van der Waals surface area contributed by atoms with Crippen LogP contribution in [0.5, 0.6) is 0 Å². The molecule has 0 radical (unpaired) electrons. The van der Waals surface area contributed by atoms with Gasteiger partial charge in [0.05, 0.1) is 16.8 Å². The van der Waals surface area contributed by atoms with Gasteiger partial charge in [0.2, 0.25) is 0 Å². The Morgan fingerprint density at radius 2 is 2.26 bits per heavy atom. The molecule has 1 fully saturated rings. The molecule has 4 heteroatoms. The van der Waals surface area contributed by atoms with Gasteiger partial charge in [0.15, 0.2) is 0 Å². The minimum Gasteiger partial charge on any atom is -0.368 e. The molecule has 1 saturated heterocycles. The van der Waals surface area contributed by atoms with Gasteiger partial charge in [0.25, 0.3) is 0 Å². The van der Waals surface area contributed by atoms with Crippen LogP contribution in [0.15, 0.2) is 48.8 Å². The van der Waals surface area contributed by atoms with Crippen LogP contribution in [0.4, 0.5) is 5.69 Å². The zero-order valence-corrected chi connectivity index (χ0v) is 14.3. The van der Waals surface area contributed by atoms with Crippen molar-refractivity contribution in [2.75, 3.05) is 18.5 Å². The molecule has 2 aromatic rings. The normalized spacial score (nSPS) is 18.5. The summed E-state index contributed by atoms with van der Waals surface area (Å²) in [5.74, 6) is 0. The molecule has 0 bridgehead atoms. The summed E-state index contributed by atoms with van der Waals surface area (Å²) in [6, 6.07) is 2.71. The zero-order chi connectivity index (χ0) is 16.8. The largest absolute Gasteiger partial charge is 0.368 e. The van der Waals surface area contributed by atoms with E-state index in [1.54, 1.807) is 0 Å². The number of nitrogens with zero attached hydrogens (tertiary/aromatic N) is 3. The number of hydrogen-bond donors (Lipinski definition) is 1. The molecule has 0 amide bonds. The fourth-order valence-electron chi connectivity index (χ4n) is 3.21. The van der Waals surface area contributed by atoms with Crippen molar-refractivity contribution in [2.45, 2.75) is 32.7 Å². The second-order valence-corrected chi connectivity index (χ2v) is 5.55. The summed E-state index contributed by atoms with van der Waals surface area (Å²) in [7, 11) is 1.84.